The molecule has 4 atom stereocenters. The third-order valence-corrected chi connectivity index (χ3v) is 5.05. The second kappa shape index (κ2) is 17.2. The summed E-state index contributed by atoms with van der Waals surface area (Å²) in [5, 5.41) is 28.8. The van der Waals surface area contributed by atoms with Crippen LogP contribution in [0.1, 0.15) is 71.1 Å². The normalized spacial score (nSPS) is 24.9. The summed E-state index contributed by atoms with van der Waals surface area (Å²) in [7, 11) is 0. The molecule has 0 aromatic carbocycles. The van der Waals surface area contributed by atoms with Gasteiger partial charge in [0.15, 0.2) is 0 Å². The zero-order chi connectivity index (χ0) is 22.0. The maximum atomic E-state index is 11.8. The van der Waals surface area contributed by atoms with E-state index in [1.165, 1.54) is 0 Å². The Morgan fingerprint density at radius 3 is 2.27 bits per heavy atom. The first-order valence-electron chi connectivity index (χ1n) is 11.3. The Labute approximate surface area is 181 Å². The molecule has 0 radical (unpaired) electrons. The fourth-order valence-electron chi connectivity index (χ4n) is 3.15. The van der Waals surface area contributed by atoms with Crippen molar-refractivity contribution >= 4 is 5.97 Å². The lowest BCUT2D eigenvalue weighted by atomic mass is 10.0. The van der Waals surface area contributed by atoms with Crippen LogP contribution in [0.15, 0.2) is 36.5 Å². The minimum Gasteiger partial charge on any atom is -0.463 e. The number of aliphatic hydroxyl groups is 3. The molecule has 0 saturated carbocycles. The minimum atomic E-state index is -1.28. The molecule has 172 valence electrons. The number of carbonyl (C=O) groups is 1. The smallest absolute Gasteiger partial charge is 0.305 e. The number of esters is 1. The molecule has 6 nitrogen and oxygen atoms in total. The van der Waals surface area contributed by atoms with E-state index < -0.39 is 24.4 Å². The lowest BCUT2D eigenvalue weighted by Gasteiger charge is -2.34. The zero-order valence-electron chi connectivity index (χ0n) is 18.3. The van der Waals surface area contributed by atoms with Crippen molar-refractivity contribution in [3.63, 3.8) is 0 Å². The maximum Gasteiger partial charge on any atom is 0.305 e. The van der Waals surface area contributed by atoms with Crippen LogP contribution in [0.2, 0.25) is 0 Å². The standard InChI is InChI=1S/C24H40O6/c1-2-3-4-5-6-7-8-9-10-11-12-13-14-15-16-17-22(26)30-19-21-24(28)23(27)20(25)18-29-21/h3-4,6-7,9-10,20-21,23-25,27-28H,2,5,8,11-19H2,1H3/b4-3-,7-6-,10-9-/t20-,21+,23+,24-/m0/s1. The van der Waals surface area contributed by atoms with E-state index in [1.807, 2.05) is 0 Å². The predicted molar refractivity (Wildman–Crippen MR) is 118 cm³/mol. The molecule has 30 heavy (non-hydrogen) atoms. The first kappa shape index (κ1) is 26.6. The van der Waals surface area contributed by atoms with Crippen molar-refractivity contribution in [2.75, 3.05) is 13.2 Å². The summed E-state index contributed by atoms with van der Waals surface area (Å²) in [4.78, 5) is 11.8. The van der Waals surface area contributed by atoms with E-state index in [-0.39, 0.29) is 19.2 Å². The van der Waals surface area contributed by atoms with Gasteiger partial charge in [0.25, 0.3) is 0 Å². The van der Waals surface area contributed by atoms with Gasteiger partial charge < -0.3 is 24.8 Å². The van der Waals surface area contributed by atoms with Crippen molar-refractivity contribution in [3.05, 3.63) is 36.5 Å². The number of carbonyl (C=O) groups excluding carboxylic acids is 1. The van der Waals surface area contributed by atoms with E-state index in [0.29, 0.717) is 6.42 Å². The summed E-state index contributed by atoms with van der Waals surface area (Å²) in [6.07, 6.45) is 18.5. The van der Waals surface area contributed by atoms with Gasteiger partial charge in [-0.1, -0.05) is 62.6 Å². The van der Waals surface area contributed by atoms with Crippen LogP contribution >= 0.6 is 0 Å². The van der Waals surface area contributed by atoms with Gasteiger partial charge in [0, 0.05) is 6.42 Å². The van der Waals surface area contributed by atoms with Crippen LogP contribution < -0.4 is 0 Å². The molecule has 0 aromatic heterocycles. The molecule has 1 rings (SSSR count). The van der Waals surface area contributed by atoms with Gasteiger partial charge in [0.2, 0.25) is 0 Å². The van der Waals surface area contributed by atoms with E-state index in [0.717, 1.165) is 57.8 Å². The summed E-state index contributed by atoms with van der Waals surface area (Å²) in [5.41, 5.74) is 0. The molecule has 1 aliphatic rings. The number of rotatable bonds is 15. The van der Waals surface area contributed by atoms with Crippen LogP contribution in [0.25, 0.3) is 0 Å². The van der Waals surface area contributed by atoms with Crippen LogP contribution in [0, 0.1) is 0 Å². The van der Waals surface area contributed by atoms with Crippen LogP contribution in [-0.2, 0) is 14.3 Å². The van der Waals surface area contributed by atoms with E-state index in [4.69, 9.17) is 9.47 Å². The largest absolute Gasteiger partial charge is 0.463 e. The zero-order valence-corrected chi connectivity index (χ0v) is 18.3. The van der Waals surface area contributed by atoms with Crippen molar-refractivity contribution in [1.82, 2.24) is 0 Å². The molecule has 0 aromatic rings. The second-order valence-electron chi connectivity index (χ2n) is 7.70. The van der Waals surface area contributed by atoms with Crippen molar-refractivity contribution in [2.45, 2.75) is 95.5 Å². The van der Waals surface area contributed by atoms with Gasteiger partial charge in [-0.3, -0.25) is 4.79 Å². The number of ether oxygens (including phenoxy) is 2. The first-order chi connectivity index (χ1) is 14.6. The summed E-state index contributed by atoms with van der Waals surface area (Å²) in [6, 6.07) is 0. The van der Waals surface area contributed by atoms with Gasteiger partial charge in [-0.25, -0.2) is 0 Å². The molecule has 0 spiro atoms. The van der Waals surface area contributed by atoms with Crippen LogP contribution in [-0.4, -0.2) is 58.9 Å². The average molecular weight is 425 g/mol. The summed E-state index contributed by atoms with van der Waals surface area (Å²) in [6.45, 7) is 1.95. The lowest BCUT2D eigenvalue weighted by Crippen LogP contribution is -2.54. The van der Waals surface area contributed by atoms with Crippen LogP contribution in [0.4, 0.5) is 0 Å². The monoisotopic (exact) mass is 424 g/mol. The quantitative estimate of drug-likeness (QED) is 0.211. The third kappa shape index (κ3) is 12.3. The molecule has 3 N–H and O–H groups in total. The highest BCUT2D eigenvalue weighted by Gasteiger charge is 2.38. The Kier molecular flexibility index (Phi) is 15.3. The molecule has 0 amide bonds. The molecule has 1 aliphatic heterocycles. The summed E-state index contributed by atoms with van der Waals surface area (Å²) >= 11 is 0. The van der Waals surface area contributed by atoms with Gasteiger partial charge in [0.05, 0.1) is 6.61 Å². The number of hydrogen-bond acceptors (Lipinski definition) is 6. The third-order valence-electron chi connectivity index (χ3n) is 5.05. The van der Waals surface area contributed by atoms with Crippen LogP contribution in [0.3, 0.4) is 0 Å². The average Bonchev–Trinajstić information content (AvgIpc) is 2.74. The molecule has 0 unspecified atom stereocenters. The topological polar surface area (TPSA) is 96.2 Å². The summed E-state index contributed by atoms with van der Waals surface area (Å²) < 4.78 is 10.3. The van der Waals surface area contributed by atoms with E-state index >= 15 is 0 Å². The highest BCUT2D eigenvalue weighted by Crippen LogP contribution is 2.16. The van der Waals surface area contributed by atoms with Crippen molar-refractivity contribution < 1.29 is 29.6 Å². The Balaban J connectivity index is 1.93. The predicted octanol–water partition coefficient (Wildman–Crippen LogP) is 3.60. The number of allylic oxidation sites excluding steroid dienone is 6. The molecule has 0 bridgehead atoms. The Morgan fingerprint density at radius 2 is 1.53 bits per heavy atom. The SMILES string of the molecule is CC/C=C\C/C=C\C/C=C\CCCCCCCC(=O)OC[C@H]1OC[C@H](O)[C@@H](O)[C@H]1O. The summed E-state index contributed by atoms with van der Waals surface area (Å²) in [5.74, 6) is -0.326. The highest BCUT2D eigenvalue weighted by molar-refractivity contribution is 5.69. The molecule has 6 heteroatoms. The van der Waals surface area contributed by atoms with Crippen molar-refractivity contribution in [2.24, 2.45) is 0 Å². The minimum absolute atomic E-state index is 0.0804. The molecule has 0 aliphatic carbocycles. The molecule has 1 heterocycles. The Morgan fingerprint density at radius 1 is 0.900 bits per heavy atom. The van der Waals surface area contributed by atoms with Crippen molar-refractivity contribution in [3.8, 4) is 0 Å². The first-order valence-corrected chi connectivity index (χ1v) is 11.3. The Bertz CT molecular complexity index is 528. The van der Waals surface area contributed by atoms with Gasteiger partial charge in [-0.05, 0) is 38.5 Å². The van der Waals surface area contributed by atoms with E-state index in [9.17, 15) is 20.1 Å². The van der Waals surface area contributed by atoms with Crippen LogP contribution in [0.5, 0.6) is 0 Å². The second-order valence-corrected chi connectivity index (χ2v) is 7.70. The number of unbranched alkanes of at least 4 members (excludes halogenated alkanes) is 5. The van der Waals surface area contributed by atoms with Gasteiger partial charge in [-0.2, -0.15) is 0 Å². The number of hydrogen-bond donors (Lipinski definition) is 3. The van der Waals surface area contributed by atoms with Gasteiger partial charge in [-0.15, -0.1) is 0 Å². The fourth-order valence-corrected chi connectivity index (χ4v) is 3.15. The lowest BCUT2D eigenvalue weighted by molar-refractivity contribution is -0.201. The van der Waals surface area contributed by atoms with E-state index in [2.05, 4.69) is 43.4 Å². The number of aliphatic hydroxyl groups excluding tert-OH is 3. The Hall–Kier alpha value is -1.47. The molecular weight excluding hydrogens is 384 g/mol. The highest BCUT2D eigenvalue weighted by atomic mass is 16.6. The molecular formula is C24H40O6. The van der Waals surface area contributed by atoms with E-state index in [1.54, 1.807) is 0 Å². The van der Waals surface area contributed by atoms with Gasteiger partial charge >= 0.3 is 5.97 Å². The van der Waals surface area contributed by atoms with Crippen molar-refractivity contribution in [1.29, 1.82) is 0 Å². The molecule has 1 fully saturated rings. The fraction of sp³-hybridized carbons (Fsp3) is 0.708. The maximum absolute atomic E-state index is 11.8. The van der Waals surface area contributed by atoms with Gasteiger partial charge in [0.1, 0.15) is 31.0 Å². The molecule has 1 saturated heterocycles.